The highest BCUT2D eigenvalue weighted by Crippen LogP contribution is 2.08. The molecule has 0 radical (unpaired) electrons. The van der Waals surface area contributed by atoms with Gasteiger partial charge in [-0.2, -0.15) is 0 Å². The van der Waals surface area contributed by atoms with E-state index in [1.165, 1.54) is 0 Å². The van der Waals surface area contributed by atoms with Crippen molar-refractivity contribution in [2.45, 2.75) is 19.8 Å². The van der Waals surface area contributed by atoms with Crippen LogP contribution >= 0.6 is 15.9 Å². The Morgan fingerprint density at radius 3 is 2.53 bits per heavy atom. The Kier molecular flexibility index (Phi) is 5.33. The van der Waals surface area contributed by atoms with Crippen LogP contribution in [-0.4, -0.2) is 11.1 Å². The summed E-state index contributed by atoms with van der Waals surface area (Å²) in [5.74, 6) is 0.200. The summed E-state index contributed by atoms with van der Waals surface area (Å²) in [5.41, 5.74) is 1.94. The second-order valence-corrected chi connectivity index (χ2v) is 4.07. The summed E-state index contributed by atoms with van der Waals surface area (Å²) in [6, 6.07) is 7.74. The van der Waals surface area contributed by atoms with Crippen LogP contribution < -0.4 is 0 Å². The van der Waals surface area contributed by atoms with E-state index in [9.17, 15) is 4.79 Å². The summed E-state index contributed by atoms with van der Waals surface area (Å²) < 4.78 is 0. The van der Waals surface area contributed by atoms with Crippen LogP contribution in [0.4, 0.5) is 0 Å². The highest BCUT2D eigenvalue weighted by Gasteiger charge is 2.00. The molecule has 0 spiro atoms. The molecule has 1 nitrogen and oxygen atoms in total. The zero-order valence-corrected chi connectivity index (χ0v) is 10.5. The summed E-state index contributed by atoms with van der Waals surface area (Å²) in [6.45, 7) is 1.88. The SMILES string of the molecule is CCC(=O)c1ccc(C=CCCBr)cc1. The lowest BCUT2D eigenvalue weighted by Crippen LogP contribution is -1.95. The van der Waals surface area contributed by atoms with Gasteiger partial charge in [-0.15, -0.1) is 0 Å². The van der Waals surface area contributed by atoms with E-state index in [4.69, 9.17) is 0 Å². The van der Waals surface area contributed by atoms with Gasteiger partial charge in [-0.1, -0.05) is 59.3 Å². The molecular formula is C13H15BrO. The van der Waals surface area contributed by atoms with Crippen molar-refractivity contribution in [3.63, 3.8) is 0 Å². The van der Waals surface area contributed by atoms with Crippen LogP contribution in [0.5, 0.6) is 0 Å². The molecule has 0 unspecified atom stereocenters. The average Bonchev–Trinajstić information content (AvgIpc) is 2.29. The second-order valence-electron chi connectivity index (χ2n) is 3.28. The highest BCUT2D eigenvalue weighted by molar-refractivity contribution is 9.09. The van der Waals surface area contributed by atoms with Crippen molar-refractivity contribution in [2.24, 2.45) is 0 Å². The summed E-state index contributed by atoms with van der Waals surface area (Å²) in [4.78, 5) is 11.4. The minimum atomic E-state index is 0.200. The molecule has 0 aromatic heterocycles. The van der Waals surface area contributed by atoms with E-state index in [2.05, 4.69) is 28.1 Å². The average molecular weight is 267 g/mol. The number of Topliss-reactive ketones (excluding diaryl/α,β-unsaturated/α-hetero) is 1. The molecule has 0 aliphatic rings. The minimum absolute atomic E-state index is 0.200. The van der Waals surface area contributed by atoms with Crippen molar-refractivity contribution in [1.29, 1.82) is 0 Å². The van der Waals surface area contributed by atoms with Crippen LogP contribution in [0.1, 0.15) is 35.7 Å². The van der Waals surface area contributed by atoms with Gasteiger partial charge in [0, 0.05) is 17.3 Å². The van der Waals surface area contributed by atoms with Gasteiger partial charge in [-0.3, -0.25) is 4.79 Å². The van der Waals surface area contributed by atoms with Gasteiger partial charge in [-0.05, 0) is 12.0 Å². The van der Waals surface area contributed by atoms with Gasteiger partial charge in [0.05, 0.1) is 0 Å². The molecule has 0 saturated carbocycles. The van der Waals surface area contributed by atoms with Crippen LogP contribution in [0, 0.1) is 0 Å². The number of rotatable bonds is 5. The van der Waals surface area contributed by atoms with E-state index >= 15 is 0 Å². The number of halogens is 1. The molecule has 80 valence electrons. The van der Waals surface area contributed by atoms with E-state index in [1.54, 1.807) is 0 Å². The Balaban J connectivity index is 2.68. The first-order valence-electron chi connectivity index (χ1n) is 5.13. The monoisotopic (exact) mass is 266 g/mol. The number of alkyl halides is 1. The third kappa shape index (κ3) is 4.00. The maximum atomic E-state index is 11.4. The van der Waals surface area contributed by atoms with Crippen LogP contribution in [-0.2, 0) is 0 Å². The summed E-state index contributed by atoms with van der Waals surface area (Å²) in [5, 5.41) is 0.982. The number of hydrogen-bond donors (Lipinski definition) is 0. The molecule has 2 heteroatoms. The van der Waals surface area contributed by atoms with Crippen LogP contribution in [0.15, 0.2) is 30.3 Å². The molecule has 0 amide bonds. The predicted octanol–water partition coefficient (Wildman–Crippen LogP) is 4.08. The molecule has 0 N–H and O–H groups in total. The fourth-order valence-corrected chi connectivity index (χ4v) is 1.53. The molecule has 0 heterocycles. The lowest BCUT2D eigenvalue weighted by Gasteiger charge is -1.98. The van der Waals surface area contributed by atoms with Gasteiger partial charge in [0.15, 0.2) is 5.78 Å². The minimum Gasteiger partial charge on any atom is -0.294 e. The van der Waals surface area contributed by atoms with Gasteiger partial charge >= 0.3 is 0 Å². The van der Waals surface area contributed by atoms with E-state index in [-0.39, 0.29) is 5.78 Å². The number of hydrogen-bond acceptors (Lipinski definition) is 1. The van der Waals surface area contributed by atoms with E-state index in [1.807, 2.05) is 31.2 Å². The number of benzene rings is 1. The number of carbonyl (C=O) groups is 1. The topological polar surface area (TPSA) is 17.1 Å². The molecule has 0 saturated heterocycles. The molecule has 1 rings (SSSR count). The fraction of sp³-hybridized carbons (Fsp3) is 0.308. The largest absolute Gasteiger partial charge is 0.294 e. The smallest absolute Gasteiger partial charge is 0.162 e. The Morgan fingerprint density at radius 1 is 1.33 bits per heavy atom. The van der Waals surface area contributed by atoms with Gasteiger partial charge in [0.1, 0.15) is 0 Å². The highest BCUT2D eigenvalue weighted by atomic mass is 79.9. The van der Waals surface area contributed by atoms with Crippen LogP contribution in [0.25, 0.3) is 6.08 Å². The van der Waals surface area contributed by atoms with E-state index in [0.717, 1.165) is 22.9 Å². The molecule has 1 aromatic rings. The summed E-state index contributed by atoms with van der Waals surface area (Å²) in [7, 11) is 0. The zero-order chi connectivity index (χ0) is 11.1. The second kappa shape index (κ2) is 6.57. The lowest BCUT2D eigenvalue weighted by molar-refractivity contribution is 0.0988. The first-order valence-corrected chi connectivity index (χ1v) is 6.26. The van der Waals surface area contributed by atoms with E-state index in [0.29, 0.717) is 6.42 Å². The number of ketones is 1. The maximum absolute atomic E-state index is 11.4. The number of allylic oxidation sites excluding steroid dienone is 1. The van der Waals surface area contributed by atoms with Gasteiger partial charge in [0.2, 0.25) is 0 Å². The first kappa shape index (κ1) is 12.2. The zero-order valence-electron chi connectivity index (χ0n) is 8.87. The van der Waals surface area contributed by atoms with Crippen molar-refractivity contribution < 1.29 is 4.79 Å². The molecule has 0 atom stereocenters. The summed E-state index contributed by atoms with van der Waals surface area (Å²) >= 11 is 3.37. The Hall–Kier alpha value is -0.890. The standard InChI is InChI=1S/C13H15BrO/c1-2-13(15)12-8-6-11(7-9-12)5-3-4-10-14/h3,5-9H,2,4,10H2,1H3. The van der Waals surface area contributed by atoms with Crippen molar-refractivity contribution >= 4 is 27.8 Å². The summed E-state index contributed by atoms with van der Waals surface area (Å²) in [6.07, 6.45) is 5.78. The van der Waals surface area contributed by atoms with Crippen molar-refractivity contribution in [2.75, 3.05) is 5.33 Å². The van der Waals surface area contributed by atoms with Crippen molar-refractivity contribution in [1.82, 2.24) is 0 Å². The first-order chi connectivity index (χ1) is 7.27. The van der Waals surface area contributed by atoms with Crippen LogP contribution in [0.2, 0.25) is 0 Å². The fourth-order valence-electron chi connectivity index (χ4n) is 1.27. The molecular weight excluding hydrogens is 252 g/mol. The Bertz CT molecular complexity index is 338. The van der Waals surface area contributed by atoms with Gasteiger partial charge < -0.3 is 0 Å². The quantitative estimate of drug-likeness (QED) is 0.580. The number of carbonyl (C=O) groups excluding carboxylic acids is 1. The molecule has 1 aromatic carbocycles. The molecule has 0 aliphatic heterocycles. The lowest BCUT2D eigenvalue weighted by atomic mass is 10.1. The van der Waals surface area contributed by atoms with Gasteiger partial charge in [-0.25, -0.2) is 0 Å². The van der Waals surface area contributed by atoms with Crippen molar-refractivity contribution in [3.05, 3.63) is 41.5 Å². The van der Waals surface area contributed by atoms with Crippen molar-refractivity contribution in [3.8, 4) is 0 Å². The molecule has 15 heavy (non-hydrogen) atoms. The Labute approximate surface area is 99.3 Å². The molecule has 0 fully saturated rings. The Morgan fingerprint density at radius 2 is 2.00 bits per heavy atom. The third-order valence-electron chi connectivity index (χ3n) is 2.14. The normalized spacial score (nSPS) is 10.8. The van der Waals surface area contributed by atoms with E-state index < -0.39 is 0 Å². The maximum Gasteiger partial charge on any atom is 0.162 e. The van der Waals surface area contributed by atoms with Crippen LogP contribution in [0.3, 0.4) is 0 Å². The van der Waals surface area contributed by atoms with Gasteiger partial charge in [0.25, 0.3) is 0 Å². The third-order valence-corrected chi connectivity index (χ3v) is 2.60. The molecule has 0 bridgehead atoms. The predicted molar refractivity (Wildman–Crippen MR) is 68.5 cm³/mol. The molecule has 0 aliphatic carbocycles.